The molecule has 21 heavy (non-hydrogen) atoms. The second-order valence-electron chi connectivity index (χ2n) is 5.59. The third kappa shape index (κ3) is 4.68. The Morgan fingerprint density at radius 1 is 1.24 bits per heavy atom. The largest absolute Gasteiger partial charge is 0.416 e. The zero-order valence-electron chi connectivity index (χ0n) is 12.0. The summed E-state index contributed by atoms with van der Waals surface area (Å²) in [5.41, 5.74) is -0.819. The summed E-state index contributed by atoms with van der Waals surface area (Å²) >= 11 is 0. The fraction of sp³-hybridized carbons (Fsp3) is 0.600. The molecule has 1 aromatic carbocycles. The summed E-state index contributed by atoms with van der Waals surface area (Å²) in [7, 11) is 0. The number of halogens is 4. The van der Waals surface area contributed by atoms with Crippen LogP contribution in [0.3, 0.4) is 0 Å². The number of rotatable bonds is 5. The van der Waals surface area contributed by atoms with Crippen LogP contribution >= 0.6 is 0 Å². The molecule has 2 nitrogen and oxygen atoms in total. The Morgan fingerprint density at radius 3 is 2.52 bits per heavy atom. The monoisotopic (exact) mass is 304 g/mol. The van der Waals surface area contributed by atoms with Gasteiger partial charge in [-0.2, -0.15) is 13.2 Å². The molecular formula is C15H20F4N2. The van der Waals surface area contributed by atoms with E-state index in [-0.39, 0.29) is 18.2 Å². The fourth-order valence-electron chi connectivity index (χ4n) is 2.67. The molecule has 0 aromatic heterocycles. The molecule has 0 spiro atoms. The van der Waals surface area contributed by atoms with Crippen molar-refractivity contribution in [1.29, 1.82) is 0 Å². The highest BCUT2D eigenvalue weighted by molar-refractivity contribution is 5.30. The van der Waals surface area contributed by atoms with Crippen molar-refractivity contribution in [1.82, 2.24) is 10.2 Å². The van der Waals surface area contributed by atoms with Gasteiger partial charge in [-0.25, -0.2) is 4.39 Å². The summed E-state index contributed by atoms with van der Waals surface area (Å²) in [5, 5.41) is 3.09. The topological polar surface area (TPSA) is 15.3 Å². The Kier molecular flexibility index (Phi) is 5.22. The molecule has 2 rings (SSSR count). The minimum Gasteiger partial charge on any atom is -0.309 e. The average molecular weight is 304 g/mol. The Balaban J connectivity index is 1.96. The lowest BCUT2D eigenvalue weighted by Gasteiger charge is -2.22. The zero-order valence-corrected chi connectivity index (χ0v) is 12.0. The van der Waals surface area contributed by atoms with E-state index in [1.165, 1.54) is 18.9 Å². The fourth-order valence-corrected chi connectivity index (χ4v) is 2.67. The number of nitrogens with zero attached hydrogens (tertiary/aromatic N) is 1. The molecule has 0 amide bonds. The molecule has 1 fully saturated rings. The van der Waals surface area contributed by atoms with Crippen LogP contribution in [0.15, 0.2) is 18.2 Å². The van der Waals surface area contributed by atoms with E-state index in [0.717, 1.165) is 25.7 Å². The van der Waals surface area contributed by atoms with Crippen LogP contribution in [0.25, 0.3) is 0 Å². The van der Waals surface area contributed by atoms with Gasteiger partial charge in [-0.15, -0.1) is 0 Å². The van der Waals surface area contributed by atoms with E-state index in [1.54, 1.807) is 0 Å². The van der Waals surface area contributed by atoms with Gasteiger partial charge in [0.2, 0.25) is 0 Å². The molecule has 1 atom stereocenters. The number of hydrogen-bond donors (Lipinski definition) is 1. The number of alkyl halides is 3. The SMILES string of the molecule is CC(CN1CCCC1)NCc1ccc(F)cc1C(F)(F)F. The molecule has 0 radical (unpaired) electrons. The van der Waals surface area contributed by atoms with Crippen molar-refractivity contribution in [2.75, 3.05) is 19.6 Å². The Bertz CT molecular complexity index is 467. The van der Waals surface area contributed by atoms with Crippen molar-refractivity contribution in [3.05, 3.63) is 35.1 Å². The summed E-state index contributed by atoms with van der Waals surface area (Å²) in [6.07, 6.45) is -2.16. The van der Waals surface area contributed by atoms with Gasteiger partial charge < -0.3 is 10.2 Å². The van der Waals surface area contributed by atoms with Gasteiger partial charge in [-0.05, 0) is 50.6 Å². The molecule has 1 aliphatic heterocycles. The Labute approximate surface area is 122 Å². The van der Waals surface area contributed by atoms with E-state index in [1.807, 2.05) is 6.92 Å². The third-order valence-corrected chi connectivity index (χ3v) is 3.75. The molecule has 118 valence electrons. The average Bonchev–Trinajstić information content (AvgIpc) is 2.89. The van der Waals surface area contributed by atoms with Gasteiger partial charge in [-0.3, -0.25) is 0 Å². The van der Waals surface area contributed by atoms with Gasteiger partial charge >= 0.3 is 6.18 Å². The van der Waals surface area contributed by atoms with E-state index in [0.29, 0.717) is 6.07 Å². The summed E-state index contributed by atoms with van der Waals surface area (Å²) in [4.78, 5) is 2.30. The van der Waals surface area contributed by atoms with Gasteiger partial charge in [0, 0.05) is 19.1 Å². The molecule has 1 unspecified atom stereocenters. The lowest BCUT2D eigenvalue weighted by molar-refractivity contribution is -0.138. The summed E-state index contributed by atoms with van der Waals surface area (Å²) in [6, 6.07) is 2.92. The highest BCUT2D eigenvalue weighted by atomic mass is 19.4. The van der Waals surface area contributed by atoms with E-state index < -0.39 is 17.6 Å². The first-order valence-electron chi connectivity index (χ1n) is 7.17. The van der Waals surface area contributed by atoms with Gasteiger partial charge in [0.1, 0.15) is 5.82 Å². The van der Waals surface area contributed by atoms with Gasteiger partial charge in [0.05, 0.1) is 5.56 Å². The predicted molar refractivity (Wildman–Crippen MR) is 73.4 cm³/mol. The molecule has 1 aromatic rings. The number of likely N-dealkylation sites (tertiary alicyclic amines) is 1. The van der Waals surface area contributed by atoms with E-state index in [2.05, 4.69) is 10.2 Å². The number of hydrogen-bond acceptors (Lipinski definition) is 2. The van der Waals surface area contributed by atoms with E-state index in [9.17, 15) is 17.6 Å². The van der Waals surface area contributed by atoms with Crippen LogP contribution in [0.5, 0.6) is 0 Å². The molecule has 1 saturated heterocycles. The van der Waals surface area contributed by atoms with Crippen molar-refractivity contribution < 1.29 is 17.6 Å². The van der Waals surface area contributed by atoms with Crippen LogP contribution in [0, 0.1) is 5.82 Å². The first-order chi connectivity index (χ1) is 9.86. The molecule has 0 saturated carbocycles. The van der Waals surface area contributed by atoms with Crippen molar-refractivity contribution >= 4 is 0 Å². The molecule has 0 aliphatic carbocycles. The van der Waals surface area contributed by atoms with Gasteiger partial charge in [0.25, 0.3) is 0 Å². The standard InChI is InChI=1S/C15H20F4N2/c1-11(10-21-6-2-3-7-21)20-9-12-4-5-13(16)8-14(12)15(17,18)19/h4-5,8,11,20H,2-3,6-7,9-10H2,1H3. The normalized spacial score (nSPS) is 18.1. The van der Waals surface area contributed by atoms with Crippen molar-refractivity contribution in [2.45, 2.75) is 38.5 Å². The molecule has 1 aliphatic rings. The van der Waals surface area contributed by atoms with E-state index >= 15 is 0 Å². The first-order valence-corrected chi connectivity index (χ1v) is 7.17. The highest BCUT2D eigenvalue weighted by Crippen LogP contribution is 2.32. The quantitative estimate of drug-likeness (QED) is 0.839. The second kappa shape index (κ2) is 6.75. The first kappa shape index (κ1) is 16.2. The summed E-state index contributed by atoms with van der Waals surface area (Å²) in [6.45, 7) is 4.97. The second-order valence-corrected chi connectivity index (χ2v) is 5.59. The minimum atomic E-state index is -4.53. The van der Waals surface area contributed by atoms with Crippen LogP contribution in [0.1, 0.15) is 30.9 Å². The Hall–Kier alpha value is -1.14. The van der Waals surface area contributed by atoms with Crippen LogP contribution in [0.2, 0.25) is 0 Å². The lowest BCUT2D eigenvalue weighted by atomic mass is 10.1. The van der Waals surface area contributed by atoms with Gasteiger partial charge in [-0.1, -0.05) is 6.07 Å². The van der Waals surface area contributed by atoms with Crippen LogP contribution < -0.4 is 5.32 Å². The maximum atomic E-state index is 13.0. The van der Waals surface area contributed by atoms with Crippen molar-refractivity contribution in [3.63, 3.8) is 0 Å². The minimum absolute atomic E-state index is 0.0807. The van der Waals surface area contributed by atoms with Crippen molar-refractivity contribution in [2.24, 2.45) is 0 Å². The molecule has 0 bridgehead atoms. The van der Waals surface area contributed by atoms with E-state index in [4.69, 9.17) is 0 Å². The number of nitrogens with one attached hydrogen (secondary N) is 1. The predicted octanol–water partition coefficient (Wildman–Crippen LogP) is 3.42. The highest BCUT2D eigenvalue weighted by Gasteiger charge is 2.33. The van der Waals surface area contributed by atoms with Crippen molar-refractivity contribution in [3.8, 4) is 0 Å². The number of benzene rings is 1. The molecular weight excluding hydrogens is 284 g/mol. The van der Waals surface area contributed by atoms with Crippen LogP contribution in [-0.4, -0.2) is 30.6 Å². The smallest absolute Gasteiger partial charge is 0.309 e. The van der Waals surface area contributed by atoms with Gasteiger partial charge in [0.15, 0.2) is 0 Å². The molecule has 6 heteroatoms. The van der Waals surface area contributed by atoms with Crippen LogP contribution in [-0.2, 0) is 12.7 Å². The third-order valence-electron chi connectivity index (χ3n) is 3.75. The lowest BCUT2D eigenvalue weighted by Crippen LogP contribution is -2.37. The Morgan fingerprint density at radius 2 is 1.90 bits per heavy atom. The van der Waals surface area contributed by atoms with Crippen LogP contribution in [0.4, 0.5) is 17.6 Å². The maximum absolute atomic E-state index is 13.0. The maximum Gasteiger partial charge on any atom is 0.416 e. The summed E-state index contributed by atoms with van der Waals surface area (Å²) < 4.78 is 51.7. The molecule has 1 N–H and O–H groups in total. The molecule has 1 heterocycles. The zero-order chi connectivity index (χ0) is 15.5. The summed E-state index contributed by atoms with van der Waals surface area (Å²) in [5.74, 6) is -0.865.